The maximum Gasteiger partial charge on any atom is 0.416 e. The maximum absolute atomic E-state index is 13.7. The smallest absolute Gasteiger partial charge is 0.416 e. The zero-order valence-electron chi connectivity index (χ0n) is 39.0. The average Bonchev–Trinajstić information content (AvgIpc) is 4.00. The number of alkyl halides is 6. The molecule has 0 radical (unpaired) electrons. The molecule has 0 unspecified atom stereocenters. The topological polar surface area (TPSA) is 174 Å². The van der Waals surface area contributed by atoms with Crippen LogP contribution in [0.1, 0.15) is 67.7 Å². The number of rotatable bonds is 11. The Labute approximate surface area is 427 Å². The number of ether oxygens (including phenoxy) is 1. The molecule has 0 bridgehead atoms. The van der Waals surface area contributed by atoms with Crippen LogP contribution in [0.3, 0.4) is 0 Å². The molecule has 4 aromatic carbocycles. The molecule has 0 aliphatic rings. The molecule has 0 atom stereocenters. The first-order valence-corrected chi connectivity index (χ1v) is 21.9. The second-order valence-electron chi connectivity index (χ2n) is 16.8. The number of imidazole rings is 2. The first kappa shape index (κ1) is 56.8. The fourth-order valence-electron chi connectivity index (χ4n) is 7.19. The summed E-state index contributed by atoms with van der Waals surface area (Å²) in [6.07, 6.45) is -0.773. The van der Waals surface area contributed by atoms with E-state index in [0.29, 0.717) is 56.6 Å². The lowest BCUT2D eigenvalue weighted by atomic mass is 10.1. The van der Waals surface area contributed by atoms with Crippen molar-refractivity contribution >= 4 is 52.0 Å². The van der Waals surface area contributed by atoms with E-state index in [1.54, 1.807) is 78.1 Å². The van der Waals surface area contributed by atoms with Crippen molar-refractivity contribution in [3.63, 3.8) is 0 Å². The Morgan fingerprint density at radius 1 is 0.600 bits per heavy atom. The van der Waals surface area contributed by atoms with Gasteiger partial charge >= 0.3 is 18.4 Å². The van der Waals surface area contributed by atoms with Gasteiger partial charge in [0.25, 0.3) is 11.8 Å². The summed E-state index contributed by atoms with van der Waals surface area (Å²) >= 11 is 0. The van der Waals surface area contributed by atoms with Gasteiger partial charge in [-0.05, 0) is 69.3 Å². The number of hydrogen-bond acceptors (Lipinski definition) is 9. The summed E-state index contributed by atoms with van der Waals surface area (Å²) in [6, 6.07) is 22.2. The number of carbonyl (C=O) groups excluding carboxylic acids is 3. The lowest BCUT2D eigenvalue weighted by Gasteiger charge is -2.24. The van der Waals surface area contributed by atoms with E-state index >= 15 is 0 Å². The van der Waals surface area contributed by atoms with Gasteiger partial charge in [-0.25, -0.2) is 34.4 Å². The minimum Gasteiger partial charge on any atom is -0.444 e. The van der Waals surface area contributed by atoms with Crippen LogP contribution < -0.4 is 20.9 Å². The van der Waals surface area contributed by atoms with Gasteiger partial charge in [0.1, 0.15) is 17.0 Å². The Morgan fingerprint density at radius 2 is 0.987 bits per heavy atom. The predicted octanol–water partition coefficient (Wildman–Crippen LogP) is 12.0. The molecule has 16 nitrogen and oxygen atoms in total. The Morgan fingerprint density at radius 3 is 1.33 bits per heavy atom. The molecule has 3 N–H and O–H groups in total. The molecule has 8 aromatic rings. The van der Waals surface area contributed by atoms with Gasteiger partial charge in [0.2, 0.25) is 0 Å². The second kappa shape index (κ2) is 23.6. The van der Waals surface area contributed by atoms with Gasteiger partial charge in [-0.3, -0.25) is 18.4 Å². The fourth-order valence-corrected chi connectivity index (χ4v) is 7.19. The standard InChI is InChI=1S/C28H25F3N6O3.C23H17F3N6O.2CH4/c1-27(2,3)40-26(39)33-13-14-36(21-11-9-20(32-4)10-12-21)25(38)22-17-37-23(15-35-24(37)16-34-22)18-5-7-19(8-6-18)28(29,30)31;1-28-17-6-8-18(9-7-17)31(11-10-27)22(33)19-14-32-20(12-30-21(32)13-29-19)15-2-4-16(5-3-15)23(24,25)26;;/h5-12,15-17H,13-14H2,1-3H3,(H,33,39);2-9,12-14H,10-11,27H2;2*1H4. The highest BCUT2D eigenvalue weighted by atomic mass is 19.4. The molecular weight excluding hydrogens is 983 g/mol. The molecule has 4 heterocycles. The van der Waals surface area contributed by atoms with Gasteiger partial charge < -0.3 is 25.6 Å². The summed E-state index contributed by atoms with van der Waals surface area (Å²) in [5.41, 5.74) is 8.29. The summed E-state index contributed by atoms with van der Waals surface area (Å²) in [5, 5.41) is 2.62. The highest BCUT2D eigenvalue weighted by molar-refractivity contribution is 6.05. The number of amides is 3. The van der Waals surface area contributed by atoms with Gasteiger partial charge in [0.05, 0.1) is 60.4 Å². The number of carbonyl (C=O) groups is 3. The Hall–Kier alpha value is -9.15. The number of fused-ring (bicyclic) bond motifs is 2. The van der Waals surface area contributed by atoms with Crippen molar-refractivity contribution in [3.8, 4) is 22.5 Å². The highest BCUT2D eigenvalue weighted by Crippen LogP contribution is 2.33. The van der Waals surface area contributed by atoms with E-state index in [-0.39, 0.29) is 52.4 Å². The van der Waals surface area contributed by atoms with Crippen LogP contribution in [0.15, 0.2) is 134 Å². The lowest BCUT2D eigenvalue weighted by Crippen LogP contribution is -2.40. The van der Waals surface area contributed by atoms with Crippen molar-refractivity contribution < 1.29 is 45.5 Å². The molecule has 22 heteroatoms. The molecule has 0 aliphatic heterocycles. The van der Waals surface area contributed by atoms with E-state index in [1.165, 1.54) is 71.2 Å². The van der Waals surface area contributed by atoms with Gasteiger partial charge in [-0.15, -0.1) is 0 Å². The van der Waals surface area contributed by atoms with Crippen LogP contribution in [0.2, 0.25) is 0 Å². The number of hydrogen-bond donors (Lipinski definition) is 2. The minimum absolute atomic E-state index is 0. The molecule has 0 saturated carbocycles. The number of nitrogens with two attached hydrogens (primary N) is 1. The Kier molecular flexibility index (Phi) is 17.9. The second-order valence-corrected chi connectivity index (χ2v) is 16.8. The first-order valence-electron chi connectivity index (χ1n) is 21.9. The summed E-state index contributed by atoms with van der Waals surface area (Å²) < 4.78 is 86.1. The monoisotopic (exact) mass is 1030 g/mol. The normalized spacial score (nSPS) is 11.2. The third-order valence-corrected chi connectivity index (χ3v) is 10.7. The largest absolute Gasteiger partial charge is 0.444 e. The quantitative estimate of drug-likeness (QED) is 0.0944. The number of aromatic nitrogens is 6. The van der Waals surface area contributed by atoms with Crippen molar-refractivity contribution in [3.05, 3.63) is 180 Å². The number of benzene rings is 4. The van der Waals surface area contributed by atoms with E-state index in [0.717, 1.165) is 24.3 Å². The molecule has 4 aromatic heterocycles. The van der Waals surface area contributed by atoms with Crippen molar-refractivity contribution in [1.82, 2.24) is 34.1 Å². The van der Waals surface area contributed by atoms with Gasteiger partial charge in [0.15, 0.2) is 22.7 Å². The van der Waals surface area contributed by atoms with Crippen LogP contribution in [-0.2, 0) is 17.1 Å². The Bertz CT molecular complexity index is 3360. The van der Waals surface area contributed by atoms with Crippen LogP contribution in [0, 0.1) is 13.1 Å². The summed E-state index contributed by atoms with van der Waals surface area (Å²) in [7, 11) is 0. The third kappa shape index (κ3) is 13.7. The van der Waals surface area contributed by atoms with Crippen molar-refractivity contribution in [2.45, 2.75) is 53.6 Å². The van der Waals surface area contributed by atoms with Crippen molar-refractivity contribution in [2.24, 2.45) is 5.73 Å². The van der Waals surface area contributed by atoms with E-state index in [2.05, 4.69) is 34.9 Å². The molecule has 3 amide bonds. The van der Waals surface area contributed by atoms with Crippen molar-refractivity contribution in [1.29, 1.82) is 0 Å². The number of anilines is 2. The van der Waals surface area contributed by atoms with Gasteiger partial charge in [-0.2, -0.15) is 26.3 Å². The zero-order chi connectivity index (χ0) is 52.7. The predicted molar refractivity (Wildman–Crippen MR) is 272 cm³/mol. The summed E-state index contributed by atoms with van der Waals surface area (Å²) in [4.78, 5) is 65.5. The number of nitrogens with one attached hydrogen (secondary N) is 1. The van der Waals surface area contributed by atoms with Crippen LogP contribution in [0.5, 0.6) is 0 Å². The number of nitrogens with zero attached hydrogens (tertiary/aromatic N) is 10. The zero-order valence-corrected chi connectivity index (χ0v) is 39.0. The van der Waals surface area contributed by atoms with Crippen molar-refractivity contribution in [2.75, 3.05) is 36.0 Å². The molecule has 0 saturated heterocycles. The first-order chi connectivity index (χ1) is 34.7. The molecule has 8 rings (SSSR count). The molecule has 0 aliphatic carbocycles. The van der Waals surface area contributed by atoms with E-state index in [4.69, 9.17) is 23.6 Å². The molecular formula is C53H50F6N12O4. The van der Waals surface area contributed by atoms with E-state index in [1.807, 2.05) is 0 Å². The lowest BCUT2D eigenvalue weighted by molar-refractivity contribution is -0.138. The third-order valence-electron chi connectivity index (χ3n) is 10.7. The summed E-state index contributed by atoms with van der Waals surface area (Å²) in [6.45, 7) is 20.0. The average molecular weight is 1030 g/mol. The Balaban J connectivity index is 0.000000275. The number of alkyl carbamates (subject to hydrolysis) is 1. The van der Waals surface area contributed by atoms with Crippen LogP contribution >= 0.6 is 0 Å². The fraction of sp³-hybridized carbons (Fsp3) is 0.226. The SMILES string of the molecule is C.C.[C-]#[N+]c1ccc(N(CCN)C(=O)c2cn3c(-c4ccc(C(F)(F)F)cc4)cnc3cn2)cc1.[C-]#[N+]c1ccc(N(CCNC(=O)OC(C)(C)C)C(=O)c2cn3c(-c4ccc(C(F)(F)F)cc4)cnc3cn2)cc1. The molecule has 75 heavy (non-hydrogen) atoms. The maximum atomic E-state index is 13.7. The minimum atomic E-state index is -4.46. The van der Waals surface area contributed by atoms with Crippen LogP contribution in [0.25, 0.3) is 43.5 Å². The van der Waals surface area contributed by atoms with Crippen LogP contribution in [0.4, 0.5) is 53.9 Å². The van der Waals surface area contributed by atoms with Crippen LogP contribution in [-0.4, -0.2) is 78.4 Å². The molecule has 0 fully saturated rings. The summed E-state index contributed by atoms with van der Waals surface area (Å²) in [5.74, 6) is -0.916. The highest BCUT2D eigenvalue weighted by Gasteiger charge is 2.31. The molecule has 0 spiro atoms. The van der Waals surface area contributed by atoms with E-state index < -0.39 is 47.0 Å². The van der Waals surface area contributed by atoms with Gasteiger partial charge in [-0.1, -0.05) is 63.4 Å². The number of halogens is 6. The van der Waals surface area contributed by atoms with E-state index in [9.17, 15) is 40.7 Å². The van der Waals surface area contributed by atoms with Gasteiger partial charge in [0, 0.05) is 61.1 Å². The molecule has 388 valence electrons.